The Morgan fingerprint density at radius 1 is 0.542 bits per heavy atom. The van der Waals surface area contributed by atoms with Crippen molar-refractivity contribution in [3.05, 3.63) is 102 Å². The first kappa shape index (κ1) is 15.6. The molecule has 0 aliphatic rings. The molecular weight excluding hydrogens is 375 g/mol. The van der Waals surface area contributed by atoms with Crippen LogP contribution in [-0.4, -0.2) is 0 Å². The highest BCUT2D eigenvalue weighted by Gasteiger charge is 2.19. The fourth-order valence-corrected chi connectivity index (χ4v) is 6.30. The summed E-state index contributed by atoms with van der Waals surface area (Å²) in [4.78, 5) is 0. The van der Waals surface area contributed by atoms with E-state index in [2.05, 4.69) is 113 Å². The lowest BCUT2D eigenvalue weighted by atomic mass is 10.1. The van der Waals surface area contributed by atoms with E-state index in [0.717, 1.165) is 4.47 Å². The molecule has 0 saturated heterocycles. The Bertz CT molecular complexity index is 920. The summed E-state index contributed by atoms with van der Waals surface area (Å²) in [5, 5.41) is 6.75. The molecule has 0 N–H and O–H groups in total. The Morgan fingerprint density at radius 3 is 1.67 bits per heavy atom. The second-order valence-electron chi connectivity index (χ2n) is 5.62. The van der Waals surface area contributed by atoms with Crippen LogP contribution < -0.4 is 15.9 Å². The zero-order chi connectivity index (χ0) is 16.4. The maximum Gasteiger partial charge on any atom is 0.0260 e. The maximum absolute atomic E-state index is 3.77. The van der Waals surface area contributed by atoms with E-state index < -0.39 is 7.92 Å². The summed E-state index contributed by atoms with van der Waals surface area (Å²) in [7, 11) is -0.592. The second-order valence-corrected chi connectivity index (χ2v) is 8.66. The maximum atomic E-state index is 3.77. The Labute approximate surface area is 152 Å². The highest BCUT2D eigenvalue weighted by Crippen LogP contribution is 2.37. The molecule has 0 saturated carbocycles. The van der Waals surface area contributed by atoms with Crippen LogP contribution in [0.15, 0.2) is 102 Å². The molecule has 0 aromatic heterocycles. The first-order chi connectivity index (χ1) is 11.8. The van der Waals surface area contributed by atoms with Crippen LogP contribution in [-0.2, 0) is 0 Å². The summed E-state index contributed by atoms with van der Waals surface area (Å²) >= 11 is 3.77. The third kappa shape index (κ3) is 2.90. The average Bonchev–Trinajstić information content (AvgIpc) is 2.64. The van der Waals surface area contributed by atoms with Crippen LogP contribution in [0.2, 0.25) is 0 Å². The van der Waals surface area contributed by atoms with Gasteiger partial charge in [-0.15, -0.1) is 0 Å². The van der Waals surface area contributed by atoms with Crippen molar-refractivity contribution < 1.29 is 0 Å². The molecule has 0 atom stereocenters. The Morgan fingerprint density at radius 2 is 1.08 bits per heavy atom. The van der Waals surface area contributed by atoms with Gasteiger partial charge in [0.2, 0.25) is 0 Å². The lowest BCUT2D eigenvalue weighted by molar-refractivity contribution is 1.73. The average molecular weight is 391 g/mol. The zero-order valence-corrected chi connectivity index (χ0v) is 15.5. The second kappa shape index (κ2) is 6.89. The van der Waals surface area contributed by atoms with Crippen molar-refractivity contribution in [3.8, 4) is 0 Å². The fourth-order valence-electron chi connectivity index (χ4n) is 3.04. The van der Waals surface area contributed by atoms with Crippen LogP contribution in [0.5, 0.6) is 0 Å². The molecule has 2 heteroatoms. The molecule has 0 fully saturated rings. The summed E-state index contributed by atoms with van der Waals surface area (Å²) in [6.07, 6.45) is 0. The summed E-state index contributed by atoms with van der Waals surface area (Å²) < 4.78 is 1.16. The van der Waals surface area contributed by atoms with Crippen molar-refractivity contribution in [1.82, 2.24) is 0 Å². The monoisotopic (exact) mass is 390 g/mol. The van der Waals surface area contributed by atoms with E-state index in [4.69, 9.17) is 0 Å². The van der Waals surface area contributed by atoms with E-state index in [1.54, 1.807) is 0 Å². The lowest BCUT2D eigenvalue weighted by Crippen LogP contribution is -2.21. The van der Waals surface area contributed by atoms with E-state index in [0.29, 0.717) is 0 Å². The normalized spacial score (nSPS) is 11.1. The first-order valence-electron chi connectivity index (χ1n) is 7.92. The van der Waals surface area contributed by atoms with Gasteiger partial charge < -0.3 is 0 Å². The van der Waals surface area contributed by atoms with Gasteiger partial charge in [0.15, 0.2) is 0 Å². The van der Waals surface area contributed by atoms with Crippen LogP contribution >= 0.6 is 23.9 Å². The van der Waals surface area contributed by atoms with Gasteiger partial charge in [-0.25, -0.2) is 0 Å². The standard InChI is InChI=1S/C22H16BrP/c23-20-15-7-9-17-10-8-16-21(22(17)20)24(18-11-3-1-4-12-18)19-13-5-2-6-14-19/h1-16H. The molecule has 4 aromatic carbocycles. The summed E-state index contributed by atoms with van der Waals surface area (Å²) in [5.74, 6) is 0. The number of fused-ring (bicyclic) bond motifs is 1. The van der Waals surface area contributed by atoms with Crippen LogP contribution in [0.25, 0.3) is 10.8 Å². The molecular formula is C22H16BrP. The number of hydrogen-bond donors (Lipinski definition) is 0. The van der Waals surface area contributed by atoms with Gasteiger partial charge in [-0.1, -0.05) is 107 Å². The molecule has 4 rings (SSSR count). The van der Waals surface area contributed by atoms with E-state index in [-0.39, 0.29) is 0 Å². The number of rotatable bonds is 3. The highest BCUT2D eigenvalue weighted by molar-refractivity contribution is 9.10. The minimum Gasteiger partial charge on any atom is -0.0622 e. The Hall–Kier alpha value is -1.95. The molecule has 0 aliphatic heterocycles. The van der Waals surface area contributed by atoms with E-state index >= 15 is 0 Å². The lowest BCUT2D eigenvalue weighted by Gasteiger charge is -2.21. The van der Waals surface area contributed by atoms with Crippen molar-refractivity contribution in [2.24, 2.45) is 0 Å². The first-order valence-corrected chi connectivity index (χ1v) is 10.1. The molecule has 0 heterocycles. The molecule has 0 amide bonds. The van der Waals surface area contributed by atoms with Crippen LogP contribution in [0, 0.1) is 0 Å². The Balaban J connectivity index is 2.02. The van der Waals surface area contributed by atoms with Crippen molar-refractivity contribution in [2.45, 2.75) is 0 Å². The smallest absolute Gasteiger partial charge is 0.0260 e. The van der Waals surface area contributed by atoms with Crippen molar-refractivity contribution in [3.63, 3.8) is 0 Å². The summed E-state index contributed by atoms with van der Waals surface area (Å²) in [5.41, 5.74) is 0. The topological polar surface area (TPSA) is 0 Å². The molecule has 0 bridgehead atoms. The molecule has 0 spiro atoms. The number of halogens is 1. The quantitative estimate of drug-likeness (QED) is 0.413. The van der Waals surface area contributed by atoms with Crippen LogP contribution in [0.4, 0.5) is 0 Å². The minimum absolute atomic E-state index is 0.592. The SMILES string of the molecule is Brc1cccc2cccc(P(c3ccccc3)c3ccccc3)c12. The molecule has 116 valence electrons. The van der Waals surface area contributed by atoms with Gasteiger partial charge >= 0.3 is 0 Å². The van der Waals surface area contributed by atoms with Gasteiger partial charge in [-0.3, -0.25) is 0 Å². The molecule has 0 aliphatic carbocycles. The molecule has 0 nitrogen and oxygen atoms in total. The molecule has 24 heavy (non-hydrogen) atoms. The minimum atomic E-state index is -0.592. The van der Waals surface area contributed by atoms with Gasteiger partial charge in [0.25, 0.3) is 0 Å². The van der Waals surface area contributed by atoms with Gasteiger partial charge in [-0.05, 0) is 35.3 Å². The van der Waals surface area contributed by atoms with E-state index in [9.17, 15) is 0 Å². The van der Waals surface area contributed by atoms with Gasteiger partial charge in [0, 0.05) is 9.86 Å². The molecule has 4 aromatic rings. The van der Waals surface area contributed by atoms with Crippen molar-refractivity contribution >= 4 is 50.5 Å². The van der Waals surface area contributed by atoms with Gasteiger partial charge in [0.1, 0.15) is 0 Å². The third-order valence-corrected chi connectivity index (χ3v) is 7.25. The third-order valence-electron chi connectivity index (χ3n) is 4.10. The van der Waals surface area contributed by atoms with Crippen molar-refractivity contribution in [2.75, 3.05) is 0 Å². The number of hydrogen-bond acceptors (Lipinski definition) is 0. The van der Waals surface area contributed by atoms with E-state index in [1.807, 2.05) is 0 Å². The van der Waals surface area contributed by atoms with Crippen LogP contribution in [0.1, 0.15) is 0 Å². The van der Waals surface area contributed by atoms with E-state index in [1.165, 1.54) is 26.7 Å². The zero-order valence-electron chi connectivity index (χ0n) is 13.1. The molecule has 0 radical (unpaired) electrons. The number of benzene rings is 4. The Kier molecular flexibility index (Phi) is 4.47. The molecule has 0 unspecified atom stereocenters. The van der Waals surface area contributed by atoms with Gasteiger partial charge in [0.05, 0.1) is 0 Å². The van der Waals surface area contributed by atoms with Crippen molar-refractivity contribution in [1.29, 1.82) is 0 Å². The fraction of sp³-hybridized carbons (Fsp3) is 0. The highest BCUT2D eigenvalue weighted by atomic mass is 79.9. The predicted octanol–water partition coefficient (Wildman–Crippen LogP) is 5.36. The van der Waals surface area contributed by atoms with Crippen LogP contribution in [0.3, 0.4) is 0 Å². The van der Waals surface area contributed by atoms with Gasteiger partial charge in [-0.2, -0.15) is 0 Å². The summed E-state index contributed by atoms with van der Waals surface area (Å²) in [6, 6.07) is 34.7. The predicted molar refractivity (Wildman–Crippen MR) is 110 cm³/mol. The largest absolute Gasteiger partial charge is 0.0622 e. The summed E-state index contributed by atoms with van der Waals surface area (Å²) in [6.45, 7) is 0.